The van der Waals surface area contributed by atoms with Crippen LogP contribution in [-0.2, 0) is 0 Å². The van der Waals surface area contributed by atoms with Crippen LogP contribution in [0, 0.1) is 12.8 Å². The third-order valence-corrected chi connectivity index (χ3v) is 3.52. The zero-order valence-electron chi connectivity index (χ0n) is 9.54. The summed E-state index contributed by atoms with van der Waals surface area (Å²) in [6.45, 7) is 3.06. The fourth-order valence-electron chi connectivity index (χ4n) is 1.95. The van der Waals surface area contributed by atoms with E-state index in [0.717, 1.165) is 22.8 Å². The van der Waals surface area contributed by atoms with Gasteiger partial charge in [-0.15, -0.1) is 0 Å². The highest BCUT2D eigenvalue weighted by Gasteiger charge is 2.10. The Balaban J connectivity index is 1.91. The quantitative estimate of drug-likeness (QED) is 0.849. The number of anilines is 1. The fourth-order valence-corrected chi connectivity index (χ4v) is 2.55. The van der Waals surface area contributed by atoms with Gasteiger partial charge in [0.2, 0.25) is 0 Å². The highest BCUT2D eigenvalue weighted by atomic mass is 79.9. The van der Waals surface area contributed by atoms with Gasteiger partial charge in [-0.1, -0.05) is 12.2 Å². The molecule has 1 aromatic heterocycles. The Kier molecular flexibility index (Phi) is 3.99. The second-order valence-electron chi connectivity index (χ2n) is 4.37. The summed E-state index contributed by atoms with van der Waals surface area (Å²) in [5, 5.41) is 3.42. The number of aromatic nitrogens is 1. The zero-order chi connectivity index (χ0) is 11.4. The van der Waals surface area contributed by atoms with E-state index in [4.69, 9.17) is 0 Å². The summed E-state index contributed by atoms with van der Waals surface area (Å²) >= 11 is 3.53. The summed E-state index contributed by atoms with van der Waals surface area (Å²) in [5.41, 5.74) is 1.18. The Morgan fingerprint density at radius 2 is 2.38 bits per heavy atom. The van der Waals surface area contributed by atoms with Gasteiger partial charge in [-0.3, -0.25) is 0 Å². The molecule has 2 nitrogen and oxygen atoms in total. The molecule has 0 saturated heterocycles. The number of halogens is 1. The lowest BCUT2D eigenvalue weighted by Gasteiger charge is -2.18. The van der Waals surface area contributed by atoms with Gasteiger partial charge in [0.1, 0.15) is 5.82 Å². The number of pyridine rings is 1. The SMILES string of the molecule is Cc1cnc(NCC2CC=CCC2)c(Br)c1. The summed E-state index contributed by atoms with van der Waals surface area (Å²) < 4.78 is 1.05. The molecule has 0 bridgehead atoms. The van der Waals surface area contributed by atoms with Crippen molar-refractivity contribution in [1.82, 2.24) is 4.98 Å². The monoisotopic (exact) mass is 280 g/mol. The minimum Gasteiger partial charge on any atom is -0.369 e. The van der Waals surface area contributed by atoms with Crippen molar-refractivity contribution < 1.29 is 0 Å². The van der Waals surface area contributed by atoms with Gasteiger partial charge in [0.05, 0.1) is 4.47 Å². The van der Waals surface area contributed by atoms with Gasteiger partial charge in [-0.2, -0.15) is 0 Å². The van der Waals surface area contributed by atoms with E-state index in [0.29, 0.717) is 0 Å². The molecule has 1 aliphatic carbocycles. The lowest BCUT2D eigenvalue weighted by Crippen LogP contribution is -2.16. The van der Waals surface area contributed by atoms with Crippen molar-refractivity contribution in [2.45, 2.75) is 26.2 Å². The van der Waals surface area contributed by atoms with Crippen LogP contribution in [0.2, 0.25) is 0 Å². The number of hydrogen-bond acceptors (Lipinski definition) is 2. The third kappa shape index (κ3) is 3.08. The van der Waals surface area contributed by atoms with Gasteiger partial charge in [0, 0.05) is 12.7 Å². The van der Waals surface area contributed by atoms with Crippen LogP contribution in [0.25, 0.3) is 0 Å². The van der Waals surface area contributed by atoms with Crippen molar-refractivity contribution in [3.05, 3.63) is 34.5 Å². The van der Waals surface area contributed by atoms with E-state index >= 15 is 0 Å². The van der Waals surface area contributed by atoms with Crippen molar-refractivity contribution >= 4 is 21.7 Å². The number of aryl methyl sites for hydroxylation is 1. The lowest BCUT2D eigenvalue weighted by molar-refractivity contribution is 0.503. The van der Waals surface area contributed by atoms with Gasteiger partial charge in [0.15, 0.2) is 0 Å². The first-order valence-electron chi connectivity index (χ1n) is 5.76. The normalized spacial score (nSPS) is 19.8. The van der Waals surface area contributed by atoms with Crippen LogP contribution in [0.5, 0.6) is 0 Å². The van der Waals surface area contributed by atoms with Crippen LogP contribution in [0.1, 0.15) is 24.8 Å². The van der Waals surface area contributed by atoms with E-state index in [1.54, 1.807) is 0 Å². The molecular weight excluding hydrogens is 264 g/mol. The van der Waals surface area contributed by atoms with Gasteiger partial charge >= 0.3 is 0 Å². The van der Waals surface area contributed by atoms with Crippen LogP contribution in [0.4, 0.5) is 5.82 Å². The lowest BCUT2D eigenvalue weighted by atomic mass is 9.94. The molecule has 0 fully saturated rings. The van der Waals surface area contributed by atoms with Crippen LogP contribution in [-0.4, -0.2) is 11.5 Å². The minimum atomic E-state index is 0.750. The molecule has 0 aliphatic heterocycles. The number of hydrogen-bond donors (Lipinski definition) is 1. The molecule has 2 rings (SSSR count). The van der Waals surface area contributed by atoms with Crippen molar-refractivity contribution in [2.24, 2.45) is 5.92 Å². The topological polar surface area (TPSA) is 24.9 Å². The van der Waals surface area contributed by atoms with E-state index in [-0.39, 0.29) is 0 Å². The number of nitrogens with zero attached hydrogens (tertiary/aromatic N) is 1. The van der Waals surface area contributed by atoms with E-state index in [9.17, 15) is 0 Å². The first-order chi connectivity index (χ1) is 7.75. The van der Waals surface area contributed by atoms with Crippen LogP contribution in [0.15, 0.2) is 28.9 Å². The maximum Gasteiger partial charge on any atom is 0.140 e. The Labute approximate surface area is 105 Å². The van der Waals surface area contributed by atoms with Crippen LogP contribution >= 0.6 is 15.9 Å². The fraction of sp³-hybridized carbons (Fsp3) is 0.462. The number of allylic oxidation sites excluding steroid dienone is 2. The molecule has 1 N–H and O–H groups in total. The number of rotatable bonds is 3. The van der Waals surface area contributed by atoms with Crippen molar-refractivity contribution in [3.8, 4) is 0 Å². The molecule has 1 aromatic rings. The standard InChI is InChI=1S/C13H17BrN2/c1-10-7-12(14)13(15-8-10)16-9-11-5-3-2-4-6-11/h2-3,7-8,11H,4-6,9H2,1H3,(H,15,16). The van der Waals surface area contributed by atoms with Gasteiger partial charge in [-0.05, 0) is 59.7 Å². The Bertz CT molecular complexity index is 388. The summed E-state index contributed by atoms with van der Waals surface area (Å²) in [5.74, 6) is 1.71. The van der Waals surface area contributed by atoms with Crippen molar-refractivity contribution in [3.63, 3.8) is 0 Å². The van der Waals surface area contributed by atoms with Gasteiger partial charge in [0.25, 0.3) is 0 Å². The molecule has 1 heterocycles. The predicted octanol–water partition coefficient (Wildman–Crippen LogP) is 3.92. The first-order valence-corrected chi connectivity index (χ1v) is 6.56. The Morgan fingerprint density at radius 1 is 1.50 bits per heavy atom. The summed E-state index contributed by atoms with van der Waals surface area (Å²) in [7, 11) is 0. The van der Waals surface area contributed by atoms with Crippen LogP contribution < -0.4 is 5.32 Å². The first kappa shape index (κ1) is 11.6. The number of nitrogens with one attached hydrogen (secondary N) is 1. The second-order valence-corrected chi connectivity index (χ2v) is 5.23. The molecule has 0 aromatic carbocycles. The maximum absolute atomic E-state index is 4.39. The Hall–Kier alpha value is -0.830. The highest BCUT2D eigenvalue weighted by molar-refractivity contribution is 9.10. The molecule has 1 atom stereocenters. The highest BCUT2D eigenvalue weighted by Crippen LogP contribution is 2.23. The van der Waals surface area contributed by atoms with Crippen LogP contribution in [0.3, 0.4) is 0 Å². The molecule has 86 valence electrons. The minimum absolute atomic E-state index is 0.750. The van der Waals surface area contributed by atoms with Gasteiger partial charge < -0.3 is 5.32 Å². The summed E-state index contributed by atoms with van der Waals surface area (Å²) in [6.07, 6.45) is 10.1. The molecular formula is C13H17BrN2. The largest absolute Gasteiger partial charge is 0.369 e. The van der Waals surface area contributed by atoms with E-state index in [1.807, 2.05) is 13.1 Å². The molecule has 0 saturated carbocycles. The van der Waals surface area contributed by atoms with Crippen molar-refractivity contribution in [1.29, 1.82) is 0 Å². The zero-order valence-corrected chi connectivity index (χ0v) is 11.1. The van der Waals surface area contributed by atoms with Crippen molar-refractivity contribution in [2.75, 3.05) is 11.9 Å². The maximum atomic E-state index is 4.39. The molecule has 0 radical (unpaired) electrons. The van der Waals surface area contributed by atoms with Gasteiger partial charge in [-0.25, -0.2) is 4.98 Å². The summed E-state index contributed by atoms with van der Waals surface area (Å²) in [4.78, 5) is 4.39. The predicted molar refractivity (Wildman–Crippen MR) is 71.6 cm³/mol. The third-order valence-electron chi connectivity index (χ3n) is 2.91. The molecule has 0 spiro atoms. The average molecular weight is 281 g/mol. The van der Waals surface area contributed by atoms with E-state index in [2.05, 4.69) is 44.4 Å². The molecule has 3 heteroatoms. The smallest absolute Gasteiger partial charge is 0.140 e. The molecule has 16 heavy (non-hydrogen) atoms. The molecule has 1 unspecified atom stereocenters. The molecule has 0 amide bonds. The average Bonchev–Trinajstić information content (AvgIpc) is 2.29. The Morgan fingerprint density at radius 3 is 3.06 bits per heavy atom. The second kappa shape index (κ2) is 5.48. The van der Waals surface area contributed by atoms with E-state index in [1.165, 1.54) is 24.8 Å². The van der Waals surface area contributed by atoms with E-state index < -0.39 is 0 Å². The molecule has 1 aliphatic rings. The summed E-state index contributed by atoms with van der Waals surface area (Å²) in [6, 6.07) is 2.09.